The Kier molecular flexibility index (Phi) is 4.95. The monoisotopic (exact) mass is 312 g/mol. The lowest BCUT2D eigenvalue weighted by atomic mass is 10.2. The molecule has 4 aliphatic rings. The molecule has 4 fully saturated rings. The van der Waals surface area contributed by atoms with E-state index in [1.807, 2.05) is 0 Å². The number of unbranched alkanes of at least 4 members (excludes halogenated alkanes) is 1. The highest BCUT2D eigenvalue weighted by atomic mass is 16.6. The standard InChI is InChI=1S/C16H28N2O4/c1(3-17(5-13-9-19-13)6-14-10-20-14)2-4-18(7-15-11-21-15)8-16-12-22-16/h13-16H,1-12H2. The first-order valence-corrected chi connectivity index (χ1v) is 8.76. The minimum atomic E-state index is 0.481. The van der Waals surface area contributed by atoms with Crippen LogP contribution in [0, 0.1) is 0 Å². The van der Waals surface area contributed by atoms with Gasteiger partial charge in [0.15, 0.2) is 0 Å². The fraction of sp³-hybridized carbons (Fsp3) is 1.00. The van der Waals surface area contributed by atoms with Gasteiger partial charge in [0, 0.05) is 26.2 Å². The minimum Gasteiger partial charge on any atom is -0.372 e. The summed E-state index contributed by atoms with van der Waals surface area (Å²) in [5.41, 5.74) is 0. The van der Waals surface area contributed by atoms with Crippen molar-refractivity contribution in [2.45, 2.75) is 37.3 Å². The van der Waals surface area contributed by atoms with Crippen molar-refractivity contribution in [2.24, 2.45) is 0 Å². The SMILES string of the molecule is C(CCN(CC1CO1)CC1CO1)CN(CC1CO1)CC1CO1. The van der Waals surface area contributed by atoms with Gasteiger partial charge >= 0.3 is 0 Å². The molecule has 0 N–H and O–H groups in total. The van der Waals surface area contributed by atoms with Crippen LogP contribution >= 0.6 is 0 Å². The van der Waals surface area contributed by atoms with Crippen LogP contribution in [0.4, 0.5) is 0 Å². The summed E-state index contributed by atoms with van der Waals surface area (Å²) in [5, 5.41) is 0. The van der Waals surface area contributed by atoms with Crippen molar-refractivity contribution in [1.29, 1.82) is 0 Å². The third-order valence-corrected chi connectivity index (χ3v) is 4.66. The summed E-state index contributed by atoms with van der Waals surface area (Å²) >= 11 is 0. The van der Waals surface area contributed by atoms with Gasteiger partial charge in [0.05, 0.1) is 50.8 Å². The van der Waals surface area contributed by atoms with Gasteiger partial charge in [0.25, 0.3) is 0 Å². The van der Waals surface area contributed by atoms with Crippen molar-refractivity contribution in [3.8, 4) is 0 Å². The van der Waals surface area contributed by atoms with Crippen LogP contribution in [0.3, 0.4) is 0 Å². The topological polar surface area (TPSA) is 56.6 Å². The largest absolute Gasteiger partial charge is 0.372 e. The van der Waals surface area contributed by atoms with Crippen LogP contribution in [0.15, 0.2) is 0 Å². The molecule has 22 heavy (non-hydrogen) atoms. The third kappa shape index (κ3) is 5.76. The predicted octanol–water partition coefficient (Wildman–Crippen LogP) is -0.0342. The predicted molar refractivity (Wildman–Crippen MR) is 81.1 cm³/mol. The zero-order valence-electron chi connectivity index (χ0n) is 13.3. The Morgan fingerprint density at radius 2 is 0.818 bits per heavy atom. The molecule has 0 amide bonds. The molecule has 4 aliphatic heterocycles. The van der Waals surface area contributed by atoms with Gasteiger partial charge in [0.2, 0.25) is 0 Å². The molecule has 6 nitrogen and oxygen atoms in total. The summed E-state index contributed by atoms with van der Waals surface area (Å²) in [6, 6.07) is 0. The first kappa shape index (κ1) is 15.3. The van der Waals surface area contributed by atoms with Gasteiger partial charge < -0.3 is 18.9 Å². The first-order chi connectivity index (χ1) is 10.8. The smallest absolute Gasteiger partial charge is 0.0936 e. The maximum atomic E-state index is 5.37. The highest BCUT2D eigenvalue weighted by molar-refractivity contribution is 4.81. The zero-order chi connectivity index (χ0) is 14.8. The Morgan fingerprint density at radius 1 is 0.545 bits per heavy atom. The Balaban J connectivity index is 1.12. The second kappa shape index (κ2) is 7.11. The molecule has 4 saturated heterocycles. The Morgan fingerprint density at radius 3 is 1.05 bits per heavy atom. The molecule has 0 aliphatic carbocycles. The molecule has 4 rings (SSSR count). The Bertz CT molecular complexity index is 292. The summed E-state index contributed by atoms with van der Waals surface area (Å²) in [6.07, 6.45) is 4.41. The van der Waals surface area contributed by atoms with E-state index in [2.05, 4.69) is 9.80 Å². The van der Waals surface area contributed by atoms with Gasteiger partial charge in [-0.15, -0.1) is 0 Å². The molecule has 126 valence electrons. The van der Waals surface area contributed by atoms with E-state index in [0.717, 1.165) is 65.7 Å². The summed E-state index contributed by atoms with van der Waals surface area (Å²) in [4.78, 5) is 5.04. The van der Waals surface area contributed by atoms with E-state index in [1.165, 1.54) is 12.8 Å². The van der Waals surface area contributed by atoms with Crippen molar-refractivity contribution in [1.82, 2.24) is 9.80 Å². The van der Waals surface area contributed by atoms with Gasteiger partial charge in [-0.1, -0.05) is 0 Å². The molecule has 4 unspecified atom stereocenters. The molecular formula is C16H28N2O4. The number of hydrogen-bond donors (Lipinski definition) is 0. The van der Waals surface area contributed by atoms with Crippen molar-refractivity contribution >= 4 is 0 Å². The van der Waals surface area contributed by atoms with Crippen LogP contribution in [0.5, 0.6) is 0 Å². The maximum Gasteiger partial charge on any atom is 0.0936 e. The van der Waals surface area contributed by atoms with E-state index in [1.54, 1.807) is 0 Å². The quantitative estimate of drug-likeness (QED) is 0.351. The number of ether oxygens (including phenoxy) is 4. The molecular weight excluding hydrogens is 284 g/mol. The molecule has 0 aromatic carbocycles. The number of rotatable bonds is 13. The average molecular weight is 312 g/mol. The van der Waals surface area contributed by atoms with E-state index in [4.69, 9.17) is 18.9 Å². The molecule has 0 spiro atoms. The summed E-state index contributed by atoms with van der Waals surface area (Å²) < 4.78 is 21.5. The number of hydrogen-bond acceptors (Lipinski definition) is 6. The second-order valence-corrected chi connectivity index (χ2v) is 7.05. The zero-order valence-corrected chi connectivity index (χ0v) is 13.3. The average Bonchev–Trinajstić information content (AvgIpc) is 3.34. The highest BCUT2D eigenvalue weighted by Crippen LogP contribution is 2.18. The number of epoxide rings is 4. The minimum absolute atomic E-state index is 0.481. The van der Waals surface area contributed by atoms with Gasteiger partial charge in [-0.25, -0.2) is 0 Å². The van der Waals surface area contributed by atoms with Crippen LogP contribution in [0.2, 0.25) is 0 Å². The van der Waals surface area contributed by atoms with Gasteiger partial charge in [-0.2, -0.15) is 0 Å². The van der Waals surface area contributed by atoms with Crippen LogP contribution in [0.25, 0.3) is 0 Å². The molecule has 4 atom stereocenters. The summed E-state index contributed by atoms with van der Waals surface area (Å²) in [5.74, 6) is 0. The van der Waals surface area contributed by atoms with Crippen molar-refractivity contribution in [3.05, 3.63) is 0 Å². The van der Waals surface area contributed by atoms with Gasteiger partial charge in [0.1, 0.15) is 0 Å². The van der Waals surface area contributed by atoms with Gasteiger partial charge in [-0.05, 0) is 25.9 Å². The summed E-state index contributed by atoms with van der Waals surface area (Å²) in [7, 11) is 0. The summed E-state index contributed by atoms with van der Waals surface area (Å²) in [6.45, 7) is 10.4. The lowest BCUT2D eigenvalue weighted by Gasteiger charge is -2.23. The first-order valence-electron chi connectivity index (χ1n) is 8.76. The highest BCUT2D eigenvalue weighted by Gasteiger charge is 2.31. The molecule has 4 heterocycles. The lowest BCUT2D eigenvalue weighted by Crippen LogP contribution is -2.35. The van der Waals surface area contributed by atoms with E-state index < -0.39 is 0 Å². The second-order valence-electron chi connectivity index (χ2n) is 7.05. The molecule has 0 radical (unpaired) electrons. The Labute approximate surface area is 132 Å². The van der Waals surface area contributed by atoms with E-state index in [0.29, 0.717) is 24.4 Å². The third-order valence-electron chi connectivity index (χ3n) is 4.66. The van der Waals surface area contributed by atoms with Crippen LogP contribution < -0.4 is 0 Å². The van der Waals surface area contributed by atoms with Crippen LogP contribution in [-0.2, 0) is 18.9 Å². The number of nitrogens with zero attached hydrogens (tertiary/aromatic N) is 2. The van der Waals surface area contributed by atoms with Crippen molar-refractivity contribution in [3.63, 3.8) is 0 Å². The molecule has 0 bridgehead atoms. The van der Waals surface area contributed by atoms with E-state index >= 15 is 0 Å². The van der Waals surface area contributed by atoms with E-state index in [9.17, 15) is 0 Å². The van der Waals surface area contributed by atoms with Gasteiger partial charge in [-0.3, -0.25) is 9.80 Å². The van der Waals surface area contributed by atoms with E-state index in [-0.39, 0.29) is 0 Å². The molecule has 0 aromatic heterocycles. The van der Waals surface area contributed by atoms with Crippen molar-refractivity contribution < 1.29 is 18.9 Å². The molecule has 0 aromatic rings. The molecule has 6 heteroatoms. The fourth-order valence-electron chi connectivity index (χ4n) is 3.03. The van der Waals surface area contributed by atoms with Crippen LogP contribution in [-0.4, -0.2) is 99.9 Å². The maximum absolute atomic E-state index is 5.37. The lowest BCUT2D eigenvalue weighted by molar-refractivity contribution is 0.197. The fourth-order valence-corrected chi connectivity index (χ4v) is 3.03. The Hall–Kier alpha value is -0.240. The normalized spacial score (nSPS) is 35.2. The molecule has 0 saturated carbocycles. The van der Waals surface area contributed by atoms with Crippen LogP contribution in [0.1, 0.15) is 12.8 Å². The van der Waals surface area contributed by atoms with Crippen molar-refractivity contribution in [2.75, 3.05) is 65.7 Å².